The first-order valence-electron chi connectivity index (χ1n) is 0.894. The van der Waals surface area contributed by atoms with Crippen molar-refractivity contribution < 1.29 is 24.7 Å². The van der Waals surface area contributed by atoms with Gasteiger partial charge >= 0.3 is 9.05 Å². The molecule has 4 N–H and O–H groups in total. The highest BCUT2D eigenvalue weighted by molar-refractivity contribution is 6.46. The molecule has 0 spiro atoms. The third-order valence-corrected chi connectivity index (χ3v) is 0. The fourth-order valence-electron chi connectivity index (χ4n) is 0. The third-order valence-electron chi connectivity index (χ3n) is 0. The third kappa shape index (κ3) is 128000. The van der Waals surface area contributed by atoms with Gasteiger partial charge in [0, 0.05) is 5.48 Å². The van der Waals surface area contributed by atoms with E-state index in [-0.39, 0.29) is 5.48 Å². The van der Waals surface area contributed by atoms with E-state index in [0.29, 0.717) is 0 Å². The molecule has 0 saturated heterocycles. The van der Waals surface area contributed by atoms with Crippen LogP contribution in [0.25, 0.3) is 0 Å². The maximum absolute atomic E-state index is 7.33. The van der Waals surface area contributed by atoms with Crippen LogP contribution in [0.3, 0.4) is 0 Å². The summed E-state index contributed by atoms with van der Waals surface area (Å²) >= 11 is 0. The van der Waals surface area contributed by atoms with Gasteiger partial charge in [-0.3, -0.25) is 0 Å². The lowest BCUT2D eigenvalue weighted by atomic mass is 15.7. The van der Waals surface area contributed by atoms with Gasteiger partial charge in [-0.25, -0.2) is 0 Å². The average Bonchev–Trinajstić information content (AvgIpc) is 0.722. The van der Waals surface area contributed by atoms with E-state index in [0.717, 1.165) is 0 Å². The first-order valence-corrected chi connectivity index (χ1v) is 2.68. The molecule has 0 aliphatic rings. The molecule has 0 aliphatic carbocycles. The van der Waals surface area contributed by atoms with Crippen LogP contribution in [-0.4, -0.2) is 28.2 Å². The molecule has 0 bridgehead atoms. The Morgan fingerprint density at radius 1 is 0.833 bits per heavy atom. The van der Waals surface area contributed by atoms with Crippen LogP contribution >= 0.6 is 0 Å². The molecule has 6 heteroatoms. The maximum Gasteiger partial charge on any atom is 0.668 e. The van der Waals surface area contributed by atoms with Crippen LogP contribution in [0.5, 0.6) is 0 Å². The van der Waals surface area contributed by atoms with E-state index >= 15 is 0 Å². The summed E-state index contributed by atoms with van der Waals surface area (Å²) in [5.74, 6) is 0. The lowest BCUT2D eigenvalue weighted by Crippen LogP contribution is -2.33. The van der Waals surface area contributed by atoms with Crippen LogP contribution in [0.1, 0.15) is 0 Å². The molecule has 5 nitrogen and oxygen atoms in total. The normalized spacial score (nSPS) is 10.0. The highest BCUT2D eigenvalue weighted by Gasteiger charge is 2.22. The van der Waals surface area contributed by atoms with Crippen LogP contribution in [0.4, 0.5) is 0 Å². The number of hydrogen-bond donors (Lipinski definition) is 4. The first-order chi connectivity index (χ1) is 2.00. The van der Waals surface area contributed by atoms with Crippen molar-refractivity contribution in [3.63, 3.8) is 0 Å². The summed E-state index contributed by atoms with van der Waals surface area (Å²) in [5, 5.41) is 0. The largest absolute Gasteiger partial charge is 0.668 e. The maximum atomic E-state index is 7.33. The fraction of sp³-hybridized carbons (Fsp3) is 0. The molecule has 0 amide bonds. The van der Waals surface area contributed by atoms with Crippen molar-refractivity contribution in [1.82, 2.24) is 0 Å². The molecule has 0 aromatic heterocycles. The molecular formula is H4O5Si. The van der Waals surface area contributed by atoms with E-state index in [1.807, 2.05) is 0 Å². The minimum atomic E-state index is -4.61. The minimum absolute atomic E-state index is 0. The van der Waals surface area contributed by atoms with E-state index in [1.165, 1.54) is 0 Å². The molecule has 0 aromatic rings. The van der Waals surface area contributed by atoms with Gasteiger partial charge in [0.1, 0.15) is 0 Å². The Labute approximate surface area is 34.9 Å². The number of rotatable bonds is 0. The predicted molar refractivity (Wildman–Crippen MR) is 15.3 cm³/mol. The van der Waals surface area contributed by atoms with Crippen molar-refractivity contribution in [2.24, 2.45) is 0 Å². The van der Waals surface area contributed by atoms with E-state index in [9.17, 15) is 0 Å². The second kappa shape index (κ2) is 2.24. The number of hydrogen-bond acceptors (Lipinski definition) is 4. The topological polar surface area (TPSA) is 109 Å². The summed E-state index contributed by atoms with van der Waals surface area (Å²) < 4.78 is 0. The molecular weight excluding hydrogens is 108 g/mol. The Balaban J connectivity index is 0. The molecule has 0 atom stereocenters. The summed E-state index contributed by atoms with van der Waals surface area (Å²) in [7, 11) is -4.61. The Hall–Kier alpha value is 0.0169. The molecule has 0 aromatic carbocycles. The predicted octanol–water partition coefficient (Wildman–Crippen LogP) is -2.73. The second-order valence-corrected chi connectivity index (χ2v) is 1.80. The zero-order valence-corrected chi connectivity index (χ0v) is 3.70. The second-order valence-electron chi connectivity index (χ2n) is 0.600. The van der Waals surface area contributed by atoms with Crippen molar-refractivity contribution >= 4 is 9.05 Å². The van der Waals surface area contributed by atoms with Gasteiger partial charge in [-0.15, -0.1) is 0 Å². The first kappa shape index (κ1) is 9.39. The van der Waals surface area contributed by atoms with Gasteiger partial charge in [-0.05, 0) is 0 Å². The van der Waals surface area contributed by atoms with Gasteiger partial charge in [0.25, 0.3) is 0 Å². The van der Waals surface area contributed by atoms with Crippen LogP contribution in [0, 0.1) is 0 Å². The lowest BCUT2D eigenvalue weighted by molar-refractivity contribution is 0.117. The summed E-state index contributed by atoms with van der Waals surface area (Å²) in [6, 6.07) is 0. The monoisotopic (exact) mass is 112 g/mol. The molecule has 0 fully saturated rings. The van der Waals surface area contributed by atoms with Gasteiger partial charge in [-0.1, -0.05) is 0 Å². The van der Waals surface area contributed by atoms with Crippen molar-refractivity contribution in [2.45, 2.75) is 0 Å². The summed E-state index contributed by atoms with van der Waals surface area (Å²) in [5.41, 5.74) is 0. The summed E-state index contributed by atoms with van der Waals surface area (Å²) in [6.07, 6.45) is 0. The van der Waals surface area contributed by atoms with Crippen molar-refractivity contribution in [3.8, 4) is 0 Å². The van der Waals surface area contributed by atoms with Gasteiger partial charge in [0.05, 0.1) is 0 Å². The SMILES string of the molecule is O[Si](O)(O)O.[O]. The van der Waals surface area contributed by atoms with Gasteiger partial charge < -0.3 is 19.2 Å². The Morgan fingerprint density at radius 2 is 0.833 bits per heavy atom. The molecule has 0 unspecified atom stereocenters. The summed E-state index contributed by atoms with van der Waals surface area (Å²) in [6.45, 7) is 0. The van der Waals surface area contributed by atoms with E-state index in [1.54, 1.807) is 0 Å². The zero-order valence-electron chi connectivity index (χ0n) is 2.70. The Kier molecular flexibility index (Phi) is 3.50. The standard InChI is InChI=1S/H4O4Si.O/c1-5(2,3)4;/h1-4H;. The highest BCUT2D eigenvalue weighted by Crippen LogP contribution is 1.67. The molecule has 6 heavy (non-hydrogen) atoms. The smallest absolute Gasteiger partial charge is 0.368 e. The lowest BCUT2D eigenvalue weighted by Gasteiger charge is -1.91. The molecule has 0 saturated carbocycles. The Morgan fingerprint density at radius 3 is 0.833 bits per heavy atom. The minimum Gasteiger partial charge on any atom is -0.368 e. The molecule has 38 valence electrons. The van der Waals surface area contributed by atoms with E-state index in [2.05, 4.69) is 0 Å². The van der Waals surface area contributed by atoms with Gasteiger partial charge in [0.2, 0.25) is 0 Å². The highest BCUT2D eigenvalue weighted by atomic mass is 28.4. The molecule has 0 heterocycles. The van der Waals surface area contributed by atoms with Crippen LogP contribution in [-0.2, 0) is 5.48 Å². The van der Waals surface area contributed by atoms with E-state index < -0.39 is 9.05 Å². The van der Waals surface area contributed by atoms with E-state index in [4.69, 9.17) is 19.2 Å². The molecule has 2 radical (unpaired) electrons. The van der Waals surface area contributed by atoms with Crippen molar-refractivity contribution in [2.75, 3.05) is 0 Å². The quantitative estimate of drug-likeness (QED) is 0.255. The fourth-order valence-corrected chi connectivity index (χ4v) is 0. The zero-order chi connectivity index (χ0) is 4.50. The van der Waals surface area contributed by atoms with Gasteiger partial charge in [0.15, 0.2) is 0 Å². The van der Waals surface area contributed by atoms with Gasteiger partial charge in [-0.2, -0.15) is 0 Å². The Bertz CT molecular complexity index is 19.4. The van der Waals surface area contributed by atoms with Crippen LogP contribution in [0.15, 0.2) is 0 Å². The van der Waals surface area contributed by atoms with Crippen molar-refractivity contribution in [3.05, 3.63) is 0 Å². The molecule has 0 aliphatic heterocycles. The van der Waals surface area contributed by atoms with Crippen LogP contribution in [0.2, 0.25) is 0 Å². The summed E-state index contributed by atoms with van der Waals surface area (Å²) in [4.78, 5) is 29.3. The molecule has 0 rings (SSSR count). The van der Waals surface area contributed by atoms with Crippen LogP contribution < -0.4 is 0 Å². The average molecular weight is 112 g/mol. The van der Waals surface area contributed by atoms with Crippen molar-refractivity contribution in [1.29, 1.82) is 0 Å².